The second-order valence-electron chi connectivity index (χ2n) is 6.05. The summed E-state index contributed by atoms with van der Waals surface area (Å²) in [5.74, 6) is 0.313. The summed E-state index contributed by atoms with van der Waals surface area (Å²) in [4.78, 5) is 38.0. The molecule has 1 aromatic heterocycles. The molecule has 0 radical (unpaired) electrons. The van der Waals surface area contributed by atoms with E-state index in [9.17, 15) is 14.4 Å². The van der Waals surface area contributed by atoms with Crippen LogP contribution in [0.1, 0.15) is 18.2 Å². The summed E-state index contributed by atoms with van der Waals surface area (Å²) in [6.07, 6.45) is 0. The van der Waals surface area contributed by atoms with Gasteiger partial charge in [0.15, 0.2) is 5.82 Å². The fourth-order valence-corrected chi connectivity index (χ4v) is 2.71. The predicted molar refractivity (Wildman–Crippen MR) is 90.5 cm³/mol. The lowest BCUT2D eigenvalue weighted by Gasteiger charge is -2.22. The quantitative estimate of drug-likeness (QED) is 0.781. The van der Waals surface area contributed by atoms with Crippen LogP contribution in [0.15, 0.2) is 34.9 Å². The third-order valence-corrected chi connectivity index (χ3v) is 4.14. The summed E-state index contributed by atoms with van der Waals surface area (Å²) >= 11 is 0. The molecule has 26 heavy (non-hydrogen) atoms. The summed E-state index contributed by atoms with van der Waals surface area (Å²) in [6, 6.07) is 7.67. The van der Waals surface area contributed by atoms with Crippen molar-refractivity contribution in [1.82, 2.24) is 15.4 Å². The van der Waals surface area contributed by atoms with Gasteiger partial charge in [0.2, 0.25) is 5.91 Å². The minimum absolute atomic E-state index is 0.220. The van der Waals surface area contributed by atoms with E-state index in [1.165, 1.54) is 13.2 Å². The second kappa shape index (κ2) is 6.51. The Balaban J connectivity index is 1.74. The monoisotopic (exact) mass is 358 g/mol. The third kappa shape index (κ3) is 3.10. The number of aromatic nitrogens is 1. The van der Waals surface area contributed by atoms with Gasteiger partial charge in [0, 0.05) is 6.07 Å². The molecule has 0 saturated carbocycles. The molecule has 4 amide bonds. The molecule has 9 nitrogen and oxygen atoms in total. The van der Waals surface area contributed by atoms with E-state index >= 15 is 0 Å². The highest BCUT2D eigenvalue weighted by molar-refractivity contribution is 6.10. The highest BCUT2D eigenvalue weighted by Crippen LogP contribution is 2.29. The van der Waals surface area contributed by atoms with E-state index in [1.54, 1.807) is 38.1 Å². The SMILES string of the molecule is COc1ccc([C@@]2(C)NC(=O)N(CC(=O)Nc3cc(C)on3)C2=O)cc1. The van der Waals surface area contributed by atoms with Gasteiger partial charge >= 0.3 is 6.03 Å². The molecule has 3 rings (SSSR count). The van der Waals surface area contributed by atoms with E-state index in [4.69, 9.17) is 9.26 Å². The Labute approximate surface area is 149 Å². The van der Waals surface area contributed by atoms with Crippen molar-refractivity contribution in [3.05, 3.63) is 41.7 Å². The average Bonchev–Trinajstić information content (AvgIpc) is 3.11. The lowest BCUT2D eigenvalue weighted by Crippen LogP contribution is -2.42. The molecule has 1 aliphatic rings. The van der Waals surface area contributed by atoms with E-state index in [1.807, 2.05) is 0 Å². The largest absolute Gasteiger partial charge is 0.497 e. The molecule has 0 bridgehead atoms. The number of aryl methyl sites for hydroxylation is 1. The maximum Gasteiger partial charge on any atom is 0.325 e. The Hall–Kier alpha value is -3.36. The fourth-order valence-electron chi connectivity index (χ4n) is 2.71. The van der Waals surface area contributed by atoms with Crippen molar-refractivity contribution >= 4 is 23.7 Å². The van der Waals surface area contributed by atoms with Gasteiger partial charge in [-0.2, -0.15) is 0 Å². The lowest BCUT2D eigenvalue weighted by molar-refractivity contribution is -0.133. The molecule has 0 aliphatic carbocycles. The molecule has 1 saturated heterocycles. The summed E-state index contributed by atoms with van der Waals surface area (Å²) in [6.45, 7) is 2.84. The fraction of sp³-hybridized carbons (Fsp3) is 0.294. The molecule has 2 heterocycles. The number of hydrogen-bond acceptors (Lipinski definition) is 6. The van der Waals surface area contributed by atoms with Crippen molar-refractivity contribution in [3.8, 4) is 5.75 Å². The van der Waals surface area contributed by atoms with E-state index < -0.39 is 29.9 Å². The Morgan fingerprint density at radius 2 is 2.04 bits per heavy atom. The van der Waals surface area contributed by atoms with Crippen LogP contribution in [0.3, 0.4) is 0 Å². The normalized spacial score (nSPS) is 19.4. The van der Waals surface area contributed by atoms with Crippen molar-refractivity contribution in [2.24, 2.45) is 0 Å². The van der Waals surface area contributed by atoms with Gasteiger partial charge in [-0.1, -0.05) is 17.3 Å². The number of imide groups is 1. The molecule has 0 unspecified atom stereocenters. The molecule has 0 spiro atoms. The molecular weight excluding hydrogens is 340 g/mol. The van der Waals surface area contributed by atoms with Crippen LogP contribution < -0.4 is 15.4 Å². The van der Waals surface area contributed by atoms with Crippen molar-refractivity contribution in [2.45, 2.75) is 19.4 Å². The maximum absolute atomic E-state index is 12.8. The lowest BCUT2D eigenvalue weighted by atomic mass is 9.92. The first-order valence-corrected chi connectivity index (χ1v) is 7.85. The first-order chi connectivity index (χ1) is 12.3. The van der Waals surface area contributed by atoms with Gasteiger partial charge in [0.25, 0.3) is 5.91 Å². The molecule has 2 aromatic rings. The highest BCUT2D eigenvalue weighted by atomic mass is 16.5. The smallest absolute Gasteiger partial charge is 0.325 e. The van der Waals surface area contributed by atoms with Gasteiger partial charge in [-0.15, -0.1) is 0 Å². The number of methoxy groups -OCH3 is 1. The first kappa shape index (κ1) is 17.5. The van der Waals surface area contributed by atoms with Crippen molar-refractivity contribution in [1.29, 1.82) is 0 Å². The number of rotatable bonds is 5. The number of nitrogens with zero attached hydrogens (tertiary/aromatic N) is 2. The number of carbonyl (C=O) groups is 3. The van der Waals surface area contributed by atoms with Crippen LogP contribution in [-0.2, 0) is 15.1 Å². The molecule has 2 N–H and O–H groups in total. The number of urea groups is 1. The van der Waals surface area contributed by atoms with E-state index in [2.05, 4.69) is 15.8 Å². The van der Waals surface area contributed by atoms with Crippen LogP contribution in [0, 0.1) is 6.92 Å². The van der Waals surface area contributed by atoms with Crippen LogP contribution in [0.25, 0.3) is 0 Å². The molecule has 1 aliphatic heterocycles. The van der Waals surface area contributed by atoms with Gasteiger partial charge in [0.05, 0.1) is 7.11 Å². The minimum atomic E-state index is -1.26. The van der Waals surface area contributed by atoms with Crippen molar-refractivity contribution < 1.29 is 23.6 Å². The number of amides is 4. The second-order valence-corrected chi connectivity index (χ2v) is 6.05. The topological polar surface area (TPSA) is 114 Å². The molecule has 1 aromatic carbocycles. The molecule has 9 heteroatoms. The Bertz CT molecular complexity index is 860. The average molecular weight is 358 g/mol. The summed E-state index contributed by atoms with van der Waals surface area (Å²) in [5, 5.41) is 8.76. The van der Waals surface area contributed by atoms with Crippen molar-refractivity contribution in [2.75, 3.05) is 19.0 Å². The third-order valence-electron chi connectivity index (χ3n) is 4.14. The van der Waals surface area contributed by atoms with Gasteiger partial charge < -0.3 is 19.9 Å². The Morgan fingerprint density at radius 3 is 2.62 bits per heavy atom. The summed E-state index contributed by atoms with van der Waals surface area (Å²) in [5.41, 5.74) is -0.666. The van der Waals surface area contributed by atoms with Crippen LogP contribution in [-0.4, -0.2) is 41.6 Å². The van der Waals surface area contributed by atoms with Crippen LogP contribution in [0.5, 0.6) is 5.75 Å². The summed E-state index contributed by atoms with van der Waals surface area (Å²) in [7, 11) is 1.54. The zero-order valence-corrected chi connectivity index (χ0v) is 14.5. The van der Waals surface area contributed by atoms with Crippen LogP contribution in [0.4, 0.5) is 10.6 Å². The standard InChI is InChI=1S/C17H18N4O5/c1-10-8-13(20-26-10)18-14(22)9-21-15(23)17(2,19-16(21)24)11-4-6-12(25-3)7-5-11/h4-8H,9H2,1-3H3,(H,19,24)(H,18,20,22)/t17-/m1/s1. The van der Waals surface area contributed by atoms with E-state index in [-0.39, 0.29) is 5.82 Å². The number of benzene rings is 1. The number of ether oxygens (including phenoxy) is 1. The van der Waals surface area contributed by atoms with Crippen LogP contribution >= 0.6 is 0 Å². The Kier molecular flexibility index (Phi) is 4.37. The van der Waals surface area contributed by atoms with Gasteiger partial charge in [0.1, 0.15) is 23.6 Å². The number of nitrogens with one attached hydrogen (secondary N) is 2. The van der Waals surface area contributed by atoms with E-state index in [0.717, 1.165) is 4.90 Å². The maximum atomic E-state index is 12.8. The van der Waals surface area contributed by atoms with Crippen LogP contribution in [0.2, 0.25) is 0 Å². The van der Waals surface area contributed by atoms with Crippen molar-refractivity contribution in [3.63, 3.8) is 0 Å². The zero-order chi connectivity index (χ0) is 18.9. The van der Waals surface area contributed by atoms with E-state index in [0.29, 0.717) is 17.1 Å². The first-order valence-electron chi connectivity index (χ1n) is 7.85. The van der Waals surface area contributed by atoms with Gasteiger partial charge in [-0.3, -0.25) is 14.5 Å². The minimum Gasteiger partial charge on any atom is -0.497 e. The number of hydrogen-bond donors (Lipinski definition) is 2. The molecule has 1 fully saturated rings. The molecule has 136 valence electrons. The number of carbonyl (C=O) groups excluding carboxylic acids is 3. The predicted octanol–water partition coefficient (Wildman–Crippen LogP) is 1.40. The molecular formula is C17H18N4O5. The number of anilines is 1. The van der Waals surface area contributed by atoms with Gasteiger partial charge in [-0.05, 0) is 31.5 Å². The highest BCUT2D eigenvalue weighted by Gasteiger charge is 2.49. The zero-order valence-electron chi connectivity index (χ0n) is 14.5. The molecule has 1 atom stereocenters. The summed E-state index contributed by atoms with van der Waals surface area (Å²) < 4.78 is 9.95. The van der Waals surface area contributed by atoms with Gasteiger partial charge in [-0.25, -0.2) is 4.79 Å². The Morgan fingerprint density at radius 1 is 1.35 bits per heavy atom.